The number of aryl methyl sites for hydroxylation is 1. The van der Waals surface area contributed by atoms with Crippen LogP contribution in [-0.2, 0) is 22.6 Å². The second-order valence-electron chi connectivity index (χ2n) is 7.43. The zero-order chi connectivity index (χ0) is 21.9. The third-order valence-corrected chi connectivity index (χ3v) is 5.06. The third-order valence-electron chi connectivity index (χ3n) is 5.06. The van der Waals surface area contributed by atoms with Gasteiger partial charge >= 0.3 is 6.18 Å². The maximum Gasteiger partial charge on any atom is 0.409 e. The lowest BCUT2D eigenvalue weighted by atomic mass is 10.1. The van der Waals surface area contributed by atoms with Crippen LogP contribution in [0, 0.1) is 0 Å². The van der Waals surface area contributed by atoms with Crippen LogP contribution in [0.2, 0.25) is 0 Å². The molecule has 0 fully saturated rings. The van der Waals surface area contributed by atoms with Crippen molar-refractivity contribution in [2.24, 2.45) is 0 Å². The van der Waals surface area contributed by atoms with Gasteiger partial charge in [-0.3, -0.25) is 19.4 Å². The topological polar surface area (TPSA) is 52.7 Å². The number of fused-ring (bicyclic) bond motifs is 1. The minimum absolute atomic E-state index is 0.0522. The quantitative estimate of drug-likeness (QED) is 0.798. The number of hydrogen-bond acceptors (Lipinski definition) is 3. The van der Waals surface area contributed by atoms with E-state index >= 15 is 0 Å². The molecule has 2 aromatic carbocycles. The first-order valence-electron chi connectivity index (χ1n) is 9.73. The van der Waals surface area contributed by atoms with Crippen LogP contribution in [0.4, 0.5) is 24.5 Å². The Balaban J connectivity index is 1.84. The number of alkyl halides is 3. The number of likely N-dealkylation sites (N-methyl/N-ethyl adjacent to an activating group) is 1. The van der Waals surface area contributed by atoms with E-state index in [1.807, 2.05) is 24.3 Å². The molecular formula is C22H24F3N3O2. The Labute approximate surface area is 173 Å². The number of carbonyl (C=O) groups is 2. The van der Waals surface area contributed by atoms with Gasteiger partial charge in [0, 0.05) is 6.54 Å². The number of hydrogen-bond donors (Lipinski definition) is 1. The van der Waals surface area contributed by atoms with Gasteiger partial charge in [-0.25, -0.2) is 0 Å². The summed E-state index contributed by atoms with van der Waals surface area (Å²) in [7, 11) is 1.68. The van der Waals surface area contributed by atoms with Crippen LogP contribution >= 0.6 is 0 Å². The molecule has 160 valence electrons. The SMILES string of the molecule is CCc1ccc(CN(C)CC(=O)N2c3ccccc3NC(=O)C[C@@H]2C(F)(F)F)cc1. The predicted molar refractivity (Wildman–Crippen MR) is 109 cm³/mol. The van der Waals surface area contributed by atoms with Gasteiger partial charge in [0.05, 0.1) is 24.3 Å². The van der Waals surface area contributed by atoms with Crippen molar-refractivity contribution in [1.29, 1.82) is 0 Å². The molecule has 1 N–H and O–H groups in total. The number of nitrogens with zero attached hydrogens (tertiary/aromatic N) is 2. The number of para-hydroxylation sites is 2. The Morgan fingerprint density at radius 2 is 1.77 bits per heavy atom. The molecule has 0 bridgehead atoms. The van der Waals surface area contributed by atoms with E-state index in [9.17, 15) is 22.8 Å². The molecule has 0 unspecified atom stereocenters. The van der Waals surface area contributed by atoms with Crippen LogP contribution in [0.25, 0.3) is 0 Å². The highest BCUT2D eigenvalue weighted by molar-refractivity contribution is 6.05. The standard InChI is InChI=1S/C22H24F3N3O2/c1-3-15-8-10-16(11-9-15)13-27(2)14-21(30)28-18-7-5-4-6-17(18)26-20(29)12-19(28)22(23,24)25/h4-11,19H,3,12-14H2,1-2H3,(H,26,29)/t19-/m1/s1. The molecule has 30 heavy (non-hydrogen) atoms. The third kappa shape index (κ3) is 4.99. The second kappa shape index (κ2) is 8.87. The maximum absolute atomic E-state index is 13.8. The largest absolute Gasteiger partial charge is 0.409 e. The van der Waals surface area contributed by atoms with Crippen LogP contribution in [0.5, 0.6) is 0 Å². The molecule has 0 aliphatic carbocycles. The van der Waals surface area contributed by atoms with Gasteiger partial charge in [0.25, 0.3) is 0 Å². The summed E-state index contributed by atoms with van der Waals surface area (Å²) in [5.41, 5.74) is 2.39. The predicted octanol–water partition coefficient (Wildman–Crippen LogP) is 3.99. The van der Waals surface area contributed by atoms with Gasteiger partial charge in [0.2, 0.25) is 11.8 Å². The number of amides is 2. The molecule has 5 nitrogen and oxygen atoms in total. The molecule has 1 aliphatic rings. The Bertz CT molecular complexity index is 913. The first-order valence-corrected chi connectivity index (χ1v) is 9.73. The summed E-state index contributed by atoms with van der Waals surface area (Å²) >= 11 is 0. The fraction of sp³-hybridized carbons (Fsp3) is 0.364. The van der Waals surface area contributed by atoms with Crippen molar-refractivity contribution in [2.45, 2.75) is 38.5 Å². The highest BCUT2D eigenvalue weighted by Gasteiger charge is 2.49. The molecule has 0 saturated carbocycles. The Kier molecular flexibility index (Phi) is 6.45. The minimum atomic E-state index is -4.74. The lowest BCUT2D eigenvalue weighted by Crippen LogP contribution is -2.52. The summed E-state index contributed by atoms with van der Waals surface area (Å²) in [6.45, 7) is 2.25. The summed E-state index contributed by atoms with van der Waals surface area (Å²) < 4.78 is 41.3. The minimum Gasteiger partial charge on any atom is -0.324 e. The van der Waals surface area contributed by atoms with E-state index in [-0.39, 0.29) is 17.9 Å². The van der Waals surface area contributed by atoms with Crippen molar-refractivity contribution in [3.8, 4) is 0 Å². The lowest BCUT2D eigenvalue weighted by molar-refractivity contribution is -0.158. The number of benzene rings is 2. The number of carbonyl (C=O) groups excluding carboxylic acids is 2. The van der Waals surface area contributed by atoms with Gasteiger partial charge < -0.3 is 5.32 Å². The van der Waals surface area contributed by atoms with E-state index in [1.165, 1.54) is 17.7 Å². The number of rotatable bonds is 5. The van der Waals surface area contributed by atoms with Gasteiger partial charge in [-0.15, -0.1) is 0 Å². The van der Waals surface area contributed by atoms with Crippen LogP contribution < -0.4 is 10.2 Å². The van der Waals surface area contributed by atoms with Gasteiger partial charge in [-0.1, -0.05) is 43.3 Å². The molecule has 0 aromatic heterocycles. The first-order chi connectivity index (χ1) is 14.2. The van der Waals surface area contributed by atoms with E-state index in [4.69, 9.17) is 0 Å². The van der Waals surface area contributed by atoms with Crippen molar-refractivity contribution in [1.82, 2.24) is 4.90 Å². The number of nitrogens with one attached hydrogen (secondary N) is 1. The molecule has 0 spiro atoms. The van der Waals surface area contributed by atoms with Crippen molar-refractivity contribution in [2.75, 3.05) is 23.8 Å². The van der Waals surface area contributed by atoms with Crippen molar-refractivity contribution < 1.29 is 22.8 Å². The van der Waals surface area contributed by atoms with Gasteiger partial charge in [-0.05, 0) is 36.7 Å². The smallest absolute Gasteiger partial charge is 0.324 e. The Morgan fingerprint density at radius 3 is 2.40 bits per heavy atom. The first kappa shape index (κ1) is 21.8. The number of halogens is 3. The van der Waals surface area contributed by atoms with Gasteiger partial charge in [-0.2, -0.15) is 13.2 Å². The molecule has 2 amide bonds. The molecule has 3 rings (SSSR count). The number of anilines is 2. The summed E-state index contributed by atoms with van der Waals surface area (Å²) in [6, 6.07) is 11.7. The molecule has 2 aromatic rings. The Morgan fingerprint density at radius 1 is 1.13 bits per heavy atom. The fourth-order valence-electron chi connectivity index (χ4n) is 3.55. The highest BCUT2D eigenvalue weighted by Crippen LogP contribution is 2.37. The van der Waals surface area contributed by atoms with Crippen LogP contribution in [0.1, 0.15) is 24.5 Å². The van der Waals surface area contributed by atoms with Gasteiger partial charge in [0.1, 0.15) is 6.04 Å². The van der Waals surface area contributed by atoms with Gasteiger partial charge in [0.15, 0.2) is 0 Å². The molecule has 1 aliphatic heterocycles. The van der Waals surface area contributed by atoms with Crippen molar-refractivity contribution in [3.05, 3.63) is 59.7 Å². The average Bonchev–Trinajstić information content (AvgIpc) is 2.84. The summed E-state index contributed by atoms with van der Waals surface area (Å²) in [5.74, 6) is -1.49. The molecule has 1 atom stereocenters. The summed E-state index contributed by atoms with van der Waals surface area (Å²) in [4.78, 5) is 27.4. The van der Waals surface area contributed by atoms with Crippen LogP contribution in [-0.4, -0.2) is 42.5 Å². The summed E-state index contributed by atoms with van der Waals surface area (Å²) in [6.07, 6.45) is -4.67. The van der Waals surface area contributed by atoms with E-state index in [0.717, 1.165) is 12.0 Å². The monoisotopic (exact) mass is 419 g/mol. The molecular weight excluding hydrogens is 395 g/mol. The molecule has 0 saturated heterocycles. The highest BCUT2D eigenvalue weighted by atomic mass is 19.4. The normalized spacial score (nSPS) is 16.8. The maximum atomic E-state index is 13.8. The Hall–Kier alpha value is -2.87. The van der Waals surface area contributed by atoms with Crippen LogP contribution in [0.15, 0.2) is 48.5 Å². The van der Waals surface area contributed by atoms with E-state index in [0.29, 0.717) is 11.4 Å². The summed E-state index contributed by atoms with van der Waals surface area (Å²) in [5, 5.41) is 2.47. The second-order valence-corrected chi connectivity index (χ2v) is 7.43. The zero-order valence-corrected chi connectivity index (χ0v) is 16.9. The zero-order valence-electron chi connectivity index (χ0n) is 16.9. The van der Waals surface area contributed by atoms with E-state index < -0.39 is 30.5 Å². The molecule has 0 radical (unpaired) electrons. The van der Waals surface area contributed by atoms with Crippen molar-refractivity contribution in [3.63, 3.8) is 0 Å². The van der Waals surface area contributed by atoms with Crippen LogP contribution in [0.3, 0.4) is 0 Å². The van der Waals surface area contributed by atoms with E-state index in [1.54, 1.807) is 24.1 Å². The van der Waals surface area contributed by atoms with E-state index in [2.05, 4.69) is 12.2 Å². The van der Waals surface area contributed by atoms with Crippen molar-refractivity contribution >= 4 is 23.2 Å². The molecule has 1 heterocycles. The average molecular weight is 419 g/mol. The fourth-order valence-corrected chi connectivity index (χ4v) is 3.55. The lowest BCUT2D eigenvalue weighted by Gasteiger charge is -2.33. The molecule has 8 heteroatoms.